The van der Waals surface area contributed by atoms with Crippen LogP contribution in [0.5, 0.6) is 0 Å². The van der Waals surface area contributed by atoms with E-state index in [0.29, 0.717) is 12.1 Å². The molecule has 0 aromatic carbocycles. The van der Waals surface area contributed by atoms with Crippen molar-refractivity contribution < 1.29 is 0 Å². The van der Waals surface area contributed by atoms with Crippen LogP contribution in [-0.2, 0) is 13.6 Å². The summed E-state index contributed by atoms with van der Waals surface area (Å²) < 4.78 is 3.20. The molecule has 0 radical (unpaired) electrons. The van der Waals surface area contributed by atoms with Crippen molar-refractivity contribution in [3.8, 4) is 6.07 Å². The first-order valence-electron chi connectivity index (χ1n) is 8.53. The number of nitrogens with one attached hydrogen (secondary N) is 1. The van der Waals surface area contributed by atoms with Crippen molar-refractivity contribution in [3.63, 3.8) is 0 Å². The van der Waals surface area contributed by atoms with Crippen LogP contribution < -0.4 is 15.8 Å². The van der Waals surface area contributed by atoms with Crippen molar-refractivity contribution in [2.24, 2.45) is 7.05 Å². The van der Waals surface area contributed by atoms with Gasteiger partial charge in [0.25, 0.3) is 5.56 Å². The van der Waals surface area contributed by atoms with Gasteiger partial charge in [0.1, 0.15) is 12.1 Å². The Bertz CT molecular complexity index is 830. The summed E-state index contributed by atoms with van der Waals surface area (Å²) in [7, 11) is 1.75. The second-order valence-corrected chi connectivity index (χ2v) is 6.37. The zero-order valence-electron chi connectivity index (χ0n) is 14.5. The van der Waals surface area contributed by atoms with Gasteiger partial charge in [-0.1, -0.05) is 13.8 Å². The lowest BCUT2D eigenvalue weighted by Gasteiger charge is -2.41. The number of fused-ring (bicyclic) bond motifs is 1. The van der Waals surface area contributed by atoms with Crippen LogP contribution in [0.25, 0.3) is 11.0 Å². The van der Waals surface area contributed by atoms with E-state index < -0.39 is 0 Å². The molecule has 2 atom stereocenters. The van der Waals surface area contributed by atoms with Crippen LogP contribution in [0.4, 0.5) is 5.69 Å². The Morgan fingerprint density at radius 3 is 2.88 bits per heavy atom. The first kappa shape index (κ1) is 16.5. The molecule has 0 spiro atoms. The maximum atomic E-state index is 12.4. The third-order valence-electron chi connectivity index (χ3n) is 4.94. The van der Waals surface area contributed by atoms with Gasteiger partial charge >= 0.3 is 0 Å². The van der Waals surface area contributed by atoms with Crippen molar-refractivity contribution in [2.75, 3.05) is 18.0 Å². The summed E-state index contributed by atoms with van der Waals surface area (Å²) in [6, 6.07) is 4.54. The summed E-state index contributed by atoms with van der Waals surface area (Å²) in [4.78, 5) is 14.7. The maximum Gasteiger partial charge on any atom is 0.252 e. The zero-order valence-corrected chi connectivity index (χ0v) is 14.5. The SMILES string of the molecule is CC[C@@H]1CN(c2cc(=O)n(C)c3cn(CC#N)nc23)[C@@H](CC)CN1. The fourth-order valence-corrected chi connectivity index (χ4v) is 3.41. The van der Waals surface area contributed by atoms with Crippen molar-refractivity contribution in [1.82, 2.24) is 19.7 Å². The molecule has 128 valence electrons. The van der Waals surface area contributed by atoms with Gasteiger partial charge in [-0.25, -0.2) is 0 Å². The van der Waals surface area contributed by atoms with Crippen LogP contribution in [0, 0.1) is 11.3 Å². The molecule has 1 fully saturated rings. The van der Waals surface area contributed by atoms with Gasteiger partial charge in [-0.2, -0.15) is 10.4 Å². The van der Waals surface area contributed by atoms with E-state index in [2.05, 4.69) is 35.2 Å². The van der Waals surface area contributed by atoms with E-state index in [-0.39, 0.29) is 12.1 Å². The predicted octanol–water partition coefficient (Wildman–Crippen LogP) is 1.23. The first-order chi connectivity index (χ1) is 11.6. The Morgan fingerprint density at radius 2 is 2.21 bits per heavy atom. The van der Waals surface area contributed by atoms with Crippen LogP contribution in [0.1, 0.15) is 26.7 Å². The van der Waals surface area contributed by atoms with E-state index in [1.54, 1.807) is 28.6 Å². The van der Waals surface area contributed by atoms with E-state index in [1.807, 2.05) is 0 Å². The fourth-order valence-electron chi connectivity index (χ4n) is 3.41. The summed E-state index contributed by atoms with van der Waals surface area (Å²) in [6.45, 7) is 6.28. The molecule has 0 bridgehead atoms. The molecule has 2 aromatic rings. The average Bonchev–Trinajstić information content (AvgIpc) is 3.02. The minimum Gasteiger partial charge on any atom is -0.364 e. The molecule has 1 aliphatic heterocycles. The Hall–Kier alpha value is -2.33. The summed E-state index contributed by atoms with van der Waals surface area (Å²) >= 11 is 0. The van der Waals surface area contributed by atoms with Crippen molar-refractivity contribution in [3.05, 3.63) is 22.6 Å². The van der Waals surface area contributed by atoms with Crippen LogP contribution in [0.3, 0.4) is 0 Å². The third kappa shape index (κ3) is 2.78. The van der Waals surface area contributed by atoms with Gasteiger partial charge in [0.2, 0.25) is 0 Å². The molecule has 0 amide bonds. The molecule has 7 heteroatoms. The van der Waals surface area contributed by atoms with Gasteiger partial charge in [0.05, 0.1) is 23.5 Å². The molecule has 7 nitrogen and oxygen atoms in total. The van der Waals surface area contributed by atoms with Crippen molar-refractivity contribution >= 4 is 16.7 Å². The Kier molecular flexibility index (Phi) is 4.58. The minimum absolute atomic E-state index is 0.0459. The second kappa shape index (κ2) is 6.65. The first-order valence-corrected chi connectivity index (χ1v) is 8.53. The number of anilines is 1. The summed E-state index contributed by atoms with van der Waals surface area (Å²) in [5.74, 6) is 0. The van der Waals surface area contributed by atoms with Crippen molar-refractivity contribution in [2.45, 2.75) is 45.3 Å². The largest absolute Gasteiger partial charge is 0.364 e. The standard InChI is InChI=1S/C17H24N6O/c1-4-12-10-23(13(5-2)9-19-12)14-8-16(24)21(3)15-11-22(7-6-18)20-17(14)15/h8,11-13,19H,4-5,7,9-10H2,1-3H3/t12-,13+/m1/s1. The van der Waals surface area contributed by atoms with Gasteiger partial charge in [0, 0.05) is 38.3 Å². The molecule has 1 aliphatic rings. The highest BCUT2D eigenvalue weighted by molar-refractivity contribution is 5.88. The summed E-state index contributed by atoms with van der Waals surface area (Å²) in [5.41, 5.74) is 2.41. The highest BCUT2D eigenvalue weighted by Crippen LogP contribution is 2.28. The second-order valence-electron chi connectivity index (χ2n) is 6.37. The van der Waals surface area contributed by atoms with E-state index in [1.165, 1.54) is 0 Å². The molecular weight excluding hydrogens is 304 g/mol. The molecule has 0 aliphatic carbocycles. The lowest BCUT2D eigenvalue weighted by atomic mass is 10.0. The molecule has 3 heterocycles. The van der Waals surface area contributed by atoms with Crippen molar-refractivity contribution in [1.29, 1.82) is 5.26 Å². The number of nitrogens with zero attached hydrogens (tertiary/aromatic N) is 5. The van der Waals surface area contributed by atoms with Crippen LogP contribution in [0.15, 0.2) is 17.1 Å². The zero-order chi connectivity index (χ0) is 17.3. The molecule has 24 heavy (non-hydrogen) atoms. The topological polar surface area (TPSA) is 78.9 Å². The average molecular weight is 328 g/mol. The number of hydrogen-bond acceptors (Lipinski definition) is 5. The smallest absolute Gasteiger partial charge is 0.252 e. The lowest BCUT2D eigenvalue weighted by molar-refractivity contribution is 0.379. The number of aromatic nitrogens is 3. The molecular formula is C17H24N6O. The van der Waals surface area contributed by atoms with E-state index in [4.69, 9.17) is 5.26 Å². The number of pyridine rings is 1. The normalized spacial score (nSPS) is 21.2. The Morgan fingerprint density at radius 1 is 1.42 bits per heavy atom. The molecule has 0 unspecified atom stereocenters. The van der Waals surface area contributed by atoms with E-state index >= 15 is 0 Å². The van der Waals surface area contributed by atoms with Crippen LogP contribution >= 0.6 is 0 Å². The monoisotopic (exact) mass is 328 g/mol. The molecule has 1 saturated heterocycles. The highest BCUT2D eigenvalue weighted by Gasteiger charge is 2.28. The molecule has 2 aromatic heterocycles. The number of piperazine rings is 1. The summed E-state index contributed by atoms with van der Waals surface area (Å²) in [6.07, 6.45) is 3.83. The van der Waals surface area contributed by atoms with Gasteiger partial charge in [-0.3, -0.25) is 9.48 Å². The molecule has 1 N–H and O–H groups in total. The maximum absolute atomic E-state index is 12.4. The van der Waals surface area contributed by atoms with Crippen LogP contribution in [-0.4, -0.2) is 39.5 Å². The Labute approximate surface area is 141 Å². The molecule has 3 rings (SSSR count). The number of rotatable bonds is 4. The number of nitriles is 1. The quantitative estimate of drug-likeness (QED) is 0.913. The lowest BCUT2D eigenvalue weighted by Crippen LogP contribution is -2.56. The van der Waals surface area contributed by atoms with Gasteiger partial charge in [-0.15, -0.1) is 0 Å². The predicted molar refractivity (Wildman–Crippen MR) is 94.1 cm³/mol. The Balaban J connectivity index is 2.15. The fraction of sp³-hybridized carbons (Fsp3) is 0.588. The number of aryl methyl sites for hydroxylation is 1. The summed E-state index contributed by atoms with van der Waals surface area (Å²) in [5, 5.41) is 17.1. The van der Waals surface area contributed by atoms with Gasteiger partial charge in [0.15, 0.2) is 0 Å². The minimum atomic E-state index is -0.0459. The van der Waals surface area contributed by atoms with E-state index in [0.717, 1.165) is 42.7 Å². The third-order valence-corrected chi connectivity index (χ3v) is 4.94. The highest BCUT2D eigenvalue weighted by atomic mass is 16.1. The van der Waals surface area contributed by atoms with Crippen LogP contribution in [0.2, 0.25) is 0 Å². The van der Waals surface area contributed by atoms with Gasteiger partial charge in [-0.05, 0) is 12.8 Å². The molecule has 0 saturated carbocycles. The number of hydrogen-bond donors (Lipinski definition) is 1. The van der Waals surface area contributed by atoms with E-state index in [9.17, 15) is 4.79 Å². The van der Waals surface area contributed by atoms with Gasteiger partial charge < -0.3 is 14.8 Å².